The van der Waals surface area contributed by atoms with E-state index in [9.17, 15) is 4.79 Å². The molecule has 0 bridgehead atoms. The van der Waals surface area contributed by atoms with E-state index in [0.29, 0.717) is 11.8 Å². The van der Waals surface area contributed by atoms with Gasteiger partial charge in [-0.05, 0) is 35.4 Å². The largest absolute Gasteiger partial charge is 0.340 e. The van der Waals surface area contributed by atoms with Gasteiger partial charge in [0.15, 0.2) is 0 Å². The van der Waals surface area contributed by atoms with Crippen LogP contribution in [0.1, 0.15) is 16.5 Å². The van der Waals surface area contributed by atoms with Crippen molar-refractivity contribution in [3.8, 4) is 0 Å². The van der Waals surface area contributed by atoms with Crippen molar-refractivity contribution < 1.29 is 4.79 Å². The van der Waals surface area contributed by atoms with E-state index < -0.39 is 0 Å². The Kier molecular flexibility index (Phi) is 4.63. The summed E-state index contributed by atoms with van der Waals surface area (Å²) in [5.74, 6) is 1.24. The van der Waals surface area contributed by atoms with Crippen LogP contribution in [0.3, 0.4) is 0 Å². The number of nitrogens with zero attached hydrogens (tertiary/aromatic N) is 2. The minimum Gasteiger partial charge on any atom is -0.340 e. The average molecular weight is 357 g/mol. The number of aromatic nitrogens is 1. The Balaban J connectivity index is 1.43. The number of carbonyl (C=O) groups excluding carboxylic acids is 1. The molecule has 3 aromatic rings. The van der Waals surface area contributed by atoms with Gasteiger partial charge < -0.3 is 9.47 Å². The number of hydrogen-bond acceptors (Lipinski definition) is 3. The predicted molar refractivity (Wildman–Crippen MR) is 103 cm³/mol. The minimum absolute atomic E-state index is 0.226. The normalized spacial score (nSPS) is 18.7. The van der Waals surface area contributed by atoms with Crippen molar-refractivity contribution in [2.24, 2.45) is 0 Å². The van der Waals surface area contributed by atoms with Gasteiger partial charge in [-0.25, -0.2) is 0 Å². The molecule has 0 N–H and O–H groups in total. The third-order valence-corrected chi connectivity index (χ3v) is 6.99. The molecule has 24 heavy (non-hydrogen) atoms. The summed E-state index contributed by atoms with van der Waals surface area (Å²) in [6.45, 7) is 2.14. The van der Waals surface area contributed by atoms with Gasteiger partial charge in [-0.3, -0.25) is 4.79 Å². The van der Waals surface area contributed by atoms with Crippen molar-refractivity contribution in [3.63, 3.8) is 0 Å². The van der Waals surface area contributed by atoms with Crippen LogP contribution in [0.15, 0.2) is 54.0 Å². The van der Waals surface area contributed by atoms with Crippen LogP contribution in [-0.2, 0) is 11.3 Å². The molecule has 1 fully saturated rings. The van der Waals surface area contributed by atoms with Crippen molar-refractivity contribution in [2.75, 3.05) is 18.8 Å². The number of benzene rings is 1. The Morgan fingerprint density at radius 3 is 2.92 bits per heavy atom. The first kappa shape index (κ1) is 15.8. The second kappa shape index (κ2) is 7.03. The van der Waals surface area contributed by atoms with Gasteiger partial charge in [-0.1, -0.05) is 24.3 Å². The van der Waals surface area contributed by atoms with E-state index in [4.69, 9.17) is 0 Å². The average Bonchev–Trinajstić information content (AvgIpc) is 3.20. The Morgan fingerprint density at radius 1 is 1.12 bits per heavy atom. The van der Waals surface area contributed by atoms with Gasteiger partial charge in [-0.15, -0.1) is 11.3 Å². The van der Waals surface area contributed by atoms with E-state index in [1.54, 1.807) is 0 Å². The maximum atomic E-state index is 12.8. The minimum atomic E-state index is 0.226. The standard InChI is InChI=1S/C19H20N2OS2/c22-19(14-21-9-7-15-4-1-2-5-16(15)21)20-10-8-18(24-13-11-20)17-6-3-12-23-17/h1-7,9,12,18H,8,10-11,13-14H2/t18-/m0/s1. The van der Waals surface area contributed by atoms with Crippen LogP contribution in [0.4, 0.5) is 0 Å². The zero-order chi connectivity index (χ0) is 16.4. The first-order chi connectivity index (χ1) is 11.8. The maximum Gasteiger partial charge on any atom is 0.242 e. The summed E-state index contributed by atoms with van der Waals surface area (Å²) >= 11 is 3.81. The highest BCUT2D eigenvalue weighted by Crippen LogP contribution is 2.36. The van der Waals surface area contributed by atoms with Crippen LogP contribution in [0.5, 0.6) is 0 Å². The number of para-hydroxylation sites is 1. The first-order valence-corrected chi connectivity index (χ1v) is 10.2. The van der Waals surface area contributed by atoms with Crippen LogP contribution in [0, 0.1) is 0 Å². The summed E-state index contributed by atoms with van der Waals surface area (Å²) in [7, 11) is 0. The van der Waals surface area contributed by atoms with E-state index in [-0.39, 0.29) is 5.91 Å². The molecule has 5 heteroatoms. The Bertz CT molecular complexity index is 825. The lowest BCUT2D eigenvalue weighted by Gasteiger charge is -2.21. The van der Waals surface area contributed by atoms with Gasteiger partial charge in [0.25, 0.3) is 0 Å². The molecule has 1 atom stereocenters. The van der Waals surface area contributed by atoms with Gasteiger partial charge in [-0.2, -0.15) is 11.8 Å². The molecule has 4 rings (SSSR count). The molecule has 124 valence electrons. The highest BCUT2D eigenvalue weighted by molar-refractivity contribution is 7.99. The van der Waals surface area contributed by atoms with E-state index in [0.717, 1.165) is 30.8 Å². The lowest BCUT2D eigenvalue weighted by Crippen LogP contribution is -2.35. The molecule has 1 aliphatic rings. The Morgan fingerprint density at radius 2 is 2.04 bits per heavy atom. The van der Waals surface area contributed by atoms with E-state index in [1.165, 1.54) is 10.3 Å². The molecule has 3 heterocycles. The fourth-order valence-electron chi connectivity index (χ4n) is 3.25. The Labute approximate surface area is 150 Å². The van der Waals surface area contributed by atoms with E-state index in [1.807, 2.05) is 46.3 Å². The number of hydrogen-bond donors (Lipinski definition) is 0. The molecule has 0 unspecified atom stereocenters. The number of thiophene rings is 1. The molecule has 1 saturated heterocycles. The molecule has 2 aromatic heterocycles. The molecular weight excluding hydrogens is 336 g/mol. The predicted octanol–water partition coefficient (Wildman–Crippen LogP) is 4.41. The molecule has 1 aromatic carbocycles. The van der Waals surface area contributed by atoms with Gasteiger partial charge >= 0.3 is 0 Å². The van der Waals surface area contributed by atoms with E-state index in [2.05, 4.69) is 40.3 Å². The quantitative estimate of drug-likeness (QED) is 0.694. The lowest BCUT2D eigenvalue weighted by molar-refractivity contribution is -0.131. The van der Waals surface area contributed by atoms with Gasteiger partial charge in [0, 0.05) is 40.7 Å². The fourth-order valence-corrected chi connectivity index (χ4v) is 5.48. The number of thioether (sulfide) groups is 1. The number of carbonyl (C=O) groups is 1. The van der Waals surface area contributed by atoms with E-state index >= 15 is 0 Å². The zero-order valence-corrected chi connectivity index (χ0v) is 15.1. The summed E-state index contributed by atoms with van der Waals surface area (Å²) in [5.41, 5.74) is 1.13. The molecule has 3 nitrogen and oxygen atoms in total. The highest BCUT2D eigenvalue weighted by atomic mass is 32.2. The smallest absolute Gasteiger partial charge is 0.242 e. The van der Waals surface area contributed by atoms with Crippen LogP contribution < -0.4 is 0 Å². The number of fused-ring (bicyclic) bond motifs is 1. The molecule has 1 aliphatic heterocycles. The molecule has 0 spiro atoms. The van der Waals surface area contributed by atoms with Crippen LogP contribution >= 0.6 is 23.1 Å². The number of rotatable bonds is 3. The van der Waals surface area contributed by atoms with Gasteiger partial charge in [0.2, 0.25) is 5.91 Å². The number of amides is 1. The summed E-state index contributed by atoms with van der Waals surface area (Å²) in [5, 5.41) is 3.87. The molecule has 0 saturated carbocycles. The van der Waals surface area contributed by atoms with Crippen LogP contribution in [0.2, 0.25) is 0 Å². The third-order valence-electron chi connectivity index (χ3n) is 4.54. The third kappa shape index (κ3) is 3.23. The van der Waals surface area contributed by atoms with Gasteiger partial charge in [0.1, 0.15) is 6.54 Å². The second-order valence-corrected chi connectivity index (χ2v) is 8.34. The van der Waals surface area contributed by atoms with Crippen molar-refractivity contribution in [1.29, 1.82) is 0 Å². The van der Waals surface area contributed by atoms with Crippen molar-refractivity contribution in [1.82, 2.24) is 9.47 Å². The summed E-state index contributed by atoms with van der Waals surface area (Å²) in [4.78, 5) is 16.2. The van der Waals surface area contributed by atoms with Gasteiger partial charge in [0.05, 0.1) is 0 Å². The second-order valence-electron chi connectivity index (χ2n) is 6.05. The van der Waals surface area contributed by atoms with Crippen molar-refractivity contribution in [2.45, 2.75) is 18.2 Å². The monoisotopic (exact) mass is 356 g/mol. The zero-order valence-electron chi connectivity index (χ0n) is 13.4. The summed E-state index contributed by atoms with van der Waals surface area (Å²) < 4.78 is 2.06. The maximum absolute atomic E-state index is 12.8. The molecule has 1 amide bonds. The van der Waals surface area contributed by atoms with Crippen molar-refractivity contribution >= 4 is 39.9 Å². The lowest BCUT2D eigenvalue weighted by atomic mass is 10.2. The Hall–Kier alpha value is -1.72. The molecule has 0 radical (unpaired) electrons. The van der Waals surface area contributed by atoms with Crippen molar-refractivity contribution in [3.05, 3.63) is 58.9 Å². The molecule has 0 aliphatic carbocycles. The topological polar surface area (TPSA) is 25.2 Å². The first-order valence-electron chi connectivity index (χ1n) is 8.28. The highest BCUT2D eigenvalue weighted by Gasteiger charge is 2.22. The fraction of sp³-hybridized carbons (Fsp3) is 0.316. The van der Waals surface area contributed by atoms with Crippen LogP contribution in [-0.4, -0.2) is 34.2 Å². The summed E-state index contributed by atoms with van der Waals surface area (Å²) in [6.07, 6.45) is 3.06. The summed E-state index contributed by atoms with van der Waals surface area (Å²) in [6, 6.07) is 14.6. The molecular formula is C19H20N2OS2. The van der Waals surface area contributed by atoms with Crippen LogP contribution in [0.25, 0.3) is 10.9 Å². The SMILES string of the molecule is O=C(Cn1ccc2ccccc21)N1CCS[C@H](c2cccs2)CC1.